The molecule has 0 N–H and O–H groups in total. The largest absolute Gasteiger partial charge is 1.00 e. The summed E-state index contributed by atoms with van der Waals surface area (Å²) in [6.45, 7) is 0. The normalized spacial score (nSPS) is 11.3. The van der Waals surface area contributed by atoms with E-state index in [1.807, 2.05) is 0 Å². The molecule has 0 unspecified atom stereocenters. The van der Waals surface area contributed by atoms with Gasteiger partial charge in [0.05, 0.1) is 12.3 Å². The highest BCUT2D eigenvalue weighted by Crippen LogP contribution is 2.61. The molecule has 8 aromatic carbocycles. The monoisotopic (exact) mass is 836 g/mol. The van der Waals surface area contributed by atoms with E-state index in [-0.39, 0.29) is 34.0 Å². The zero-order valence-corrected chi connectivity index (χ0v) is 33.8. The first-order valence-corrected chi connectivity index (χ1v) is 21.3. The maximum absolute atomic E-state index is 2.41. The van der Waals surface area contributed by atoms with Crippen LogP contribution in [-0.2, 0) is 12.3 Å². The van der Waals surface area contributed by atoms with Gasteiger partial charge >= 0.3 is 0 Å². The van der Waals surface area contributed by atoms with Crippen LogP contribution in [0.1, 0.15) is 11.1 Å². The van der Waals surface area contributed by atoms with Gasteiger partial charge in [-0.25, -0.2) is 0 Å². The van der Waals surface area contributed by atoms with E-state index in [1.54, 1.807) is 0 Å². The molecule has 0 saturated heterocycles. The van der Waals surface area contributed by atoms with Gasteiger partial charge in [-0.15, -0.1) is 0 Å². The molecular weight excluding hydrogens is 798 g/mol. The quantitative estimate of drug-likeness (QED) is 0.184. The first-order valence-electron chi connectivity index (χ1n) is 17.4. The van der Waals surface area contributed by atoms with Crippen LogP contribution in [0.2, 0.25) is 0 Å². The maximum Gasteiger partial charge on any atom is 0.116 e. The standard InChI is InChI=1S/C48H40P2.2BrH/c1-7-25-42(26-8-1)49(43-27-9-2-10-28-43,44-29-11-3-12-30-44)37-40-23-19-21-39-22-20-24-41(48(39)40)38-50(45-31-13-4-14-32-45,46-33-15-5-16-34-46)47-35-17-6-18-36-47;;/h1-36H,37-38H2;2*1H/q+2;;/p-2. The van der Waals surface area contributed by atoms with Gasteiger partial charge in [0.15, 0.2) is 0 Å². The fraction of sp³-hybridized carbons (Fsp3) is 0.0417. The lowest BCUT2D eigenvalue weighted by Crippen LogP contribution is -3.00. The van der Waals surface area contributed by atoms with Crippen molar-refractivity contribution in [1.82, 2.24) is 0 Å². The molecule has 0 spiro atoms. The molecule has 0 fully saturated rings. The first kappa shape index (κ1) is 37.6. The summed E-state index contributed by atoms with van der Waals surface area (Å²) in [5.74, 6) is 0. The number of benzene rings is 8. The van der Waals surface area contributed by atoms with E-state index in [0.29, 0.717) is 0 Å². The van der Waals surface area contributed by atoms with Crippen LogP contribution in [-0.4, -0.2) is 0 Å². The molecular formula is C48H40Br2P2. The van der Waals surface area contributed by atoms with Gasteiger partial charge in [-0.3, -0.25) is 0 Å². The average Bonchev–Trinajstić information content (AvgIpc) is 3.21. The van der Waals surface area contributed by atoms with Crippen LogP contribution in [0.5, 0.6) is 0 Å². The Bertz CT molecular complexity index is 1940. The van der Waals surface area contributed by atoms with E-state index in [2.05, 4.69) is 218 Å². The molecule has 4 heteroatoms. The highest BCUT2D eigenvalue weighted by molar-refractivity contribution is 7.95. The van der Waals surface area contributed by atoms with Gasteiger partial charge in [-0.2, -0.15) is 0 Å². The zero-order valence-electron chi connectivity index (χ0n) is 28.8. The van der Waals surface area contributed by atoms with Crippen LogP contribution in [0, 0.1) is 0 Å². The van der Waals surface area contributed by atoms with Crippen molar-refractivity contribution >= 4 is 57.1 Å². The topological polar surface area (TPSA) is 0 Å². The lowest BCUT2D eigenvalue weighted by Gasteiger charge is -2.30. The molecule has 8 rings (SSSR count). The SMILES string of the molecule is [Br-].[Br-].c1ccc([P+](Cc2cccc3cccc(C[P+](c4ccccc4)(c4ccccc4)c4ccccc4)c23)(c2ccccc2)c2ccccc2)cc1. The number of hydrogen-bond donors (Lipinski definition) is 0. The van der Waals surface area contributed by atoms with E-state index in [4.69, 9.17) is 0 Å². The van der Waals surface area contributed by atoms with E-state index in [9.17, 15) is 0 Å². The van der Waals surface area contributed by atoms with E-state index >= 15 is 0 Å². The summed E-state index contributed by atoms with van der Waals surface area (Å²) in [5.41, 5.74) is 2.82. The first-order chi connectivity index (χ1) is 24.8. The summed E-state index contributed by atoms with van der Waals surface area (Å²) in [6.07, 6.45) is 1.87. The van der Waals surface area contributed by atoms with Crippen LogP contribution >= 0.6 is 14.5 Å². The maximum atomic E-state index is 2.41. The molecule has 0 saturated carbocycles. The Balaban J connectivity index is 0.00000232. The van der Waals surface area contributed by atoms with Gasteiger partial charge in [0.2, 0.25) is 0 Å². The van der Waals surface area contributed by atoms with Crippen LogP contribution in [0.3, 0.4) is 0 Å². The zero-order chi connectivity index (χ0) is 33.6. The molecule has 0 aliphatic rings. The minimum absolute atomic E-state index is 0. The van der Waals surface area contributed by atoms with Crippen molar-refractivity contribution in [1.29, 1.82) is 0 Å². The third-order valence-corrected chi connectivity index (χ3v) is 18.8. The van der Waals surface area contributed by atoms with Gasteiger partial charge in [0.1, 0.15) is 46.4 Å². The Hall–Kier alpha value is -4.16. The second-order valence-corrected chi connectivity index (χ2v) is 19.9. The lowest BCUT2D eigenvalue weighted by atomic mass is 10.0. The molecule has 0 atom stereocenters. The Kier molecular flexibility index (Phi) is 12.4. The predicted molar refractivity (Wildman–Crippen MR) is 222 cm³/mol. The lowest BCUT2D eigenvalue weighted by molar-refractivity contribution is -0.00100. The van der Waals surface area contributed by atoms with Crippen molar-refractivity contribution in [3.05, 3.63) is 230 Å². The fourth-order valence-corrected chi connectivity index (χ4v) is 16.3. The van der Waals surface area contributed by atoms with Crippen molar-refractivity contribution in [3.63, 3.8) is 0 Å². The minimum atomic E-state index is -2.12. The van der Waals surface area contributed by atoms with Crippen molar-refractivity contribution in [3.8, 4) is 0 Å². The highest BCUT2D eigenvalue weighted by atomic mass is 79.9. The molecule has 0 radical (unpaired) electrons. The van der Waals surface area contributed by atoms with E-state index in [0.717, 1.165) is 12.3 Å². The molecule has 0 aliphatic carbocycles. The summed E-state index contributed by atoms with van der Waals surface area (Å²) < 4.78 is 0. The molecule has 0 nitrogen and oxygen atoms in total. The average molecular weight is 839 g/mol. The molecule has 0 heterocycles. The molecule has 0 aromatic heterocycles. The Morgan fingerprint density at radius 1 is 0.250 bits per heavy atom. The van der Waals surface area contributed by atoms with Crippen molar-refractivity contribution < 1.29 is 34.0 Å². The smallest absolute Gasteiger partial charge is 0.116 e. The van der Waals surface area contributed by atoms with Gasteiger partial charge in [-0.1, -0.05) is 146 Å². The van der Waals surface area contributed by atoms with Gasteiger partial charge < -0.3 is 34.0 Å². The van der Waals surface area contributed by atoms with Crippen LogP contribution in [0.15, 0.2) is 218 Å². The summed E-state index contributed by atoms with van der Waals surface area (Å²) in [7, 11) is -4.23. The Morgan fingerprint density at radius 2 is 0.481 bits per heavy atom. The minimum Gasteiger partial charge on any atom is -1.00 e. The van der Waals surface area contributed by atoms with Crippen LogP contribution < -0.4 is 65.8 Å². The third-order valence-electron chi connectivity index (χ3n) is 10.1. The molecule has 52 heavy (non-hydrogen) atoms. The summed E-state index contributed by atoms with van der Waals surface area (Å²) >= 11 is 0. The molecule has 0 amide bonds. The highest BCUT2D eigenvalue weighted by Gasteiger charge is 2.48. The van der Waals surface area contributed by atoms with Crippen molar-refractivity contribution in [2.75, 3.05) is 0 Å². The summed E-state index contributed by atoms with van der Waals surface area (Å²) in [5, 5.41) is 11.2. The predicted octanol–water partition coefficient (Wildman–Crippen LogP) is 3.84. The summed E-state index contributed by atoms with van der Waals surface area (Å²) in [4.78, 5) is 0. The number of hydrogen-bond acceptors (Lipinski definition) is 0. The second-order valence-electron chi connectivity index (χ2n) is 12.9. The number of halogens is 2. The van der Waals surface area contributed by atoms with E-state index < -0.39 is 14.5 Å². The van der Waals surface area contributed by atoms with Gasteiger partial charge in [0.25, 0.3) is 0 Å². The molecule has 256 valence electrons. The van der Waals surface area contributed by atoms with Crippen molar-refractivity contribution in [2.24, 2.45) is 0 Å². The molecule has 0 aliphatic heterocycles. The summed E-state index contributed by atoms with van der Waals surface area (Å²) in [6, 6.07) is 81.7. The van der Waals surface area contributed by atoms with Crippen LogP contribution in [0.4, 0.5) is 0 Å². The van der Waals surface area contributed by atoms with Gasteiger partial charge in [0, 0.05) is 0 Å². The molecule has 0 bridgehead atoms. The Labute approximate surface area is 330 Å². The van der Waals surface area contributed by atoms with Crippen LogP contribution in [0.25, 0.3) is 10.8 Å². The van der Waals surface area contributed by atoms with Crippen molar-refractivity contribution in [2.45, 2.75) is 12.3 Å². The van der Waals surface area contributed by atoms with E-state index in [1.165, 1.54) is 53.7 Å². The third kappa shape index (κ3) is 7.11. The molecule has 8 aromatic rings. The second kappa shape index (κ2) is 17.1. The fourth-order valence-electron chi connectivity index (χ4n) is 7.81. The number of fused-ring (bicyclic) bond motifs is 1. The Morgan fingerprint density at radius 3 is 0.712 bits per heavy atom. The number of rotatable bonds is 10. The van der Waals surface area contributed by atoms with Gasteiger partial charge in [-0.05, 0) is 94.7 Å².